The van der Waals surface area contributed by atoms with Gasteiger partial charge in [0.15, 0.2) is 0 Å². The molecule has 0 saturated heterocycles. The summed E-state index contributed by atoms with van der Waals surface area (Å²) in [5.41, 5.74) is 3.12. The maximum Gasteiger partial charge on any atom is -0.0162 e. The van der Waals surface area contributed by atoms with E-state index in [0.29, 0.717) is 0 Å². The molecule has 0 aromatic heterocycles. The molecule has 0 heteroatoms. The van der Waals surface area contributed by atoms with Crippen molar-refractivity contribution in [2.45, 2.75) is 96.3 Å². The van der Waals surface area contributed by atoms with E-state index >= 15 is 0 Å². The summed E-state index contributed by atoms with van der Waals surface area (Å²) in [5.74, 6) is 2.56. The summed E-state index contributed by atoms with van der Waals surface area (Å²) in [6.07, 6.45) is 23.3. The second kappa shape index (κ2) is 10.2. The molecule has 2 fully saturated rings. The Hall–Kier alpha value is -1.04. The fourth-order valence-electron chi connectivity index (χ4n) is 4.82. The first kappa shape index (κ1) is 18.7. The molecular weight excluding hydrogens is 300 g/mol. The van der Waals surface area contributed by atoms with E-state index in [1.807, 2.05) is 0 Å². The lowest BCUT2D eigenvalue weighted by molar-refractivity contribution is 0.370. The van der Waals surface area contributed by atoms with Gasteiger partial charge in [-0.3, -0.25) is 0 Å². The molecule has 0 atom stereocenters. The number of unbranched alkanes of at least 4 members (excludes halogenated alkanes) is 2. The van der Waals surface area contributed by atoms with Crippen LogP contribution in [0.2, 0.25) is 0 Å². The average Bonchev–Trinajstić information content (AvgIpc) is 2.68. The Morgan fingerprint density at radius 2 is 1.40 bits per heavy atom. The van der Waals surface area contributed by atoms with Gasteiger partial charge in [0.25, 0.3) is 0 Å². The predicted molar refractivity (Wildman–Crippen MR) is 110 cm³/mol. The van der Waals surface area contributed by atoms with Gasteiger partial charge < -0.3 is 0 Å². The predicted octanol–water partition coefficient (Wildman–Crippen LogP) is 7.83. The van der Waals surface area contributed by atoms with E-state index in [-0.39, 0.29) is 0 Å². The van der Waals surface area contributed by atoms with Gasteiger partial charge in [0, 0.05) is 0 Å². The van der Waals surface area contributed by atoms with E-state index in [1.165, 1.54) is 89.0 Å². The van der Waals surface area contributed by atoms with Gasteiger partial charge in [-0.2, -0.15) is 0 Å². The SMILES string of the molecule is CCCCCc1ccc(C2CCC(/C=C/C3CCCCC3)CC2)cc1. The molecule has 0 spiro atoms. The molecule has 0 heterocycles. The number of hydrogen-bond donors (Lipinski definition) is 0. The highest BCUT2D eigenvalue weighted by atomic mass is 14.3. The first-order valence-corrected chi connectivity index (χ1v) is 11.1. The van der Waals surface area contributed by atoms with Crippen LogP contribution in [0.3, 0.4) is 0 Å². The lowest BCUT2D eigenvalue weighted by Gasteiger charge is -2.28. The van der Waals surface area contributed by atoms with E-state index in [2.05, 4.69) is 43.3 Å². The molecule has 1 aromatic carbocycles. The second-order valence-electron chi connectivity index (χ2n) is 8.59. The summed E-state index contributed by atoms with van der Waals surface area (Å²) in [5, 5.41) is 0. The third-order valence-corrected chi connectivity index (χ3v) is 6.60. The van der Waals surface area contributed by atoms with Crippen LogP contribution in [0.5, 0.6) is 0 Å². The number of benzene rings is 1. The fraction of sp³-hybridized carbons (Fsp3) is 0.680. The molecule has 0 N–H and O–H groups in total. The highest BCUT2D eigenvalue weighted by Gasteiger charge is 2.21. The summed E-state index contributed by atoms with van der Waals surface area (Å²) in [7, 11) is 0. The van der Waals surface area contributed by atoms with Crippen molar-refractivity contribution in [3.8, 4) is 0 Å². The van der Waals surface area contributed by atoms with E-state index in [0.717, 1.165) is 17.8 Å². The number of allylic oxidation sites excluding steroid dienone is 2. The van der Waals surface area contributed by atoms with Crippen LogP contribution in [0.4, 0.5) is 0 Å². The van der Waals surface area contributed by atoms with Gasteiger partial charge in [-0.25, -0.2) is 0 Å². The van der Waals surface area contributed by atoms with Crippen molar-refractivity contribution >= 4 is 0 Å². The van der Waals surface area contributed by atoms with Gasteiger partial charge in [-0.1, -0.05) is 75.4 Å². The summed E-state index contributed by atoms with van der Waals surface area (Å²) in [6, 6.07) is 9.62. The van der Waals surface area contributed by atoms with E-state index in [4.69, 9.17) is 0 Å². The van der Waals surface area contributed by atoms with Gasteiger partial charge in [-0.15, -0.1) is 0 Å². The highest BCUT2D eigenvalue weighted by molar-refractivity contribution is 5.26. The minimum atomic E-state index is 0.809. The maximum atomic E-state index is 2.59. The lowest BCUT2D eigenvalue weighted by Crippen LogP contribution is -2.12. The van der Waals surface area contributed by atoms with Crippen LogP contribution < -0.4 is 0 Å². The standard InChI is InChI=1S/C25H38/c1-2-3-5-8-22-13-17-24(18-14-22)25-19-15-23(16-20-25)12-11-21-9-6-4-7-10-21/h11-14,17-18,21,23,25H,2-10,15-16,19-20H2,1H3/b12-11+. The molecule has 0 nitrogen and oxygen atoms in total. The average molecular weight is 339 g/mol. The second-order valence-corrected chi connectivity index (χ2v) is 8.59. The molecule has 0 aliphatic heterocycles. The molecule has 2 aliphatic carbocycles. The van der Waals surface area contributed by atoms with Gasteiger partial charge in [0.2, 0.25) is 0 Å². The summed E-state index contributed by atoms with van der Waals surface area (Å²) >= 11 is 0. The molecule has 0 bridgehead atoms. The van der Waals surface area contributed by atoms with Crippen molar-refractivity contribution in [2.75, 3.05) is 0 Å². The Kier molecular flexibility index (Phi) is 7.64. The molecule has 2 saturated carbocycles. The molecule has 3 rings (SSSR count). The molecule has 1 aromatic rings. The van der Waals surface area contributed by atoms with Crippen LogP contribution in [-0.2, 0) is 6.42 Å². The van der Waals surface area contributed by atoms with Crippen LogP contribution >= 0.6 is 0 Å². The Morgan fingerprint density at radius 3 is 2.04 bits per heavy atom. The molecule has 0 radical (unpaired) electrons. The van der Waals surface area contributed by atoms with Crippen molar-refractivity contribution in [3.63, 3.8) is 0 Å². The van der Waals surface area contributed by atoms with Crippen molar-refractivity contribution in [1.29, 1.82) is 0 Å². The molecule has 0 unspecified atom stereocenters. The van der Waals surface area contributed by atoms with Crippen LogP contribution in [0.25, 0.3) is 0 Å². The molecule has 2 aliphatic rings. The van der Waals surface area contributed by atoms with E-state index in [1.54, 1.807) is 5.56 Å². The van der Waals surface area contributed by atoms with Crippen molar-refractivity contribution in [3.05, 3.63) is 47.5 Å². The summed E-state index contributed by atoms with van der Waals surface area (Å²) in [6.45, 7) is 2.28. The quantitative estimate of drug-likeness (QED) is 0.351. The smallest absolute Gasteiger partial charge is 0.0162 e. The van der Waals surface area contributed by atoms with Crippen LogP contribution in [-0.4, -0.2) is 0 Å². The zero-order chi connectivity index (χ0) is 17.3. The van der Waals surface area contributed by atoms with Gasteiger partial charge in [-0.05, 0) is 80.2 Å². The Labute approximate surface area is 156 Å². The third kappa shape index (κ3) is 6.01. The van der Waals surface area contributed by atoms with E-state index < -0.39 is 0 Å². The largest absolute Gasteiger partial charge is 0.0851 e. The zero-order valence-corrected chi connectivity index (χ0v) is 16.4. The summed E-state index contributed by atoms with van der Waals surface area (Å²) in [4.78, 5) is 0. The topological polar surface area (TPSA) is 0 Å². The molecular formula is C25H38. The Morgan fingerprint density at radius 1 is 0.760 bits per heavy atom. The third-order valence-electron chi connectivity index (χ3n) is 6.60. The van der Waals surface area contributed by atoms with Crippen LogP contribution in [0, 0.1) is 11.8 Å². The van der Waals surface area contributed by atoms with Crippen molar-refractivity contribution in [2.24, 2.45) is 11.8 Å². The van der Waals surface area contributed by atoms with E-state index in [9.17, 15) is 0 Å². The minimum Gasteiger partial charge on any atom is -0.0851 e. The number of hydrogen-bond acceptors (Lipinski definition) is 0. The molecule has 0 amide bonds. The Balaban J connectivity index is 1.43. The van der Waals surface area contributed by atoms with Crippen molar-refractivity contribution < 1.29 is 0 Å². The monoisotopic (exact) mass is 338 g/mol. The first-order chi connectivity index (χ1) is 12.3. The zero-order valence-electron chi connectivity index (χ0n) is 16.4. The maximum absolute atomic E-state index is 2.59. The van der Waals surface area contributed by atoms with Crippen molar-refractivity contribution in [1.82, 2.24) is 0 Å². The molecule has 25 heavy (non-hydrogen) atoms. The molecule has 138 valence electrons. The Bertz CT molecular complexity index is 495. The van der Waals surface area contributed by atoms with Gasteiger partial charge in [0.05, 0.1) is 0 Å². The minimum absolute atomic E-state index is 0.809. The van der Waals surface area contributed by atoms with Crippen LogP contribution in [0.15, 0.2) is 36.4 Å². The number of rotatable bonds is 7. The summed E-state index contributed by atoms with van der Waals surface area (Å²) < 4.78 is 0. The fourth-order valence-corrected chi connectivity index (χ4v) is 4.82. The number of aryl methyl sites for hydroxylation is 1. The normalized spacial score (nSPS) is 25.5. The van der Waals surface area contributed by atoms with Gasteiger partial charge >= 0.3 is 0 Å². The first-order valence-electron chi connectivity index (χ1n) is 11.1. The lowest BCUT2D eigenvalue weighted by atomic mass is 9.78. The van der Waals surface area contributed by atoms with Crippen LogP contribution in [0.1, 0.15) is 101 Å². The highest BCUT2D eigenvalue weighted by Crippen LogP contribution is 2.37. The van der Waals surface area contributed by atoms with Gasteiger partial charge in [0.1, 0.15) is 0 Å².